The van der Waals surface area contributed by atoms with Crippen molar-refractivity contribution in [2.24, 2.45) is 0 Å². The molecular weight excluding hydrogens is 469 g/mol. The van der Waals surface area contributed by atoms with Gasteiger partial charge in [0.1, 0.15) is 24.1 Å². The lowest BCUT2D eigenvalue weighted by molar-refractivity contribution is 0.267. The molecule has 7 nitrogen and oxygen atoms in total. The van der Waals surface area contributed by atoms with Crippen LogP contribution in [0.5, 0.6) is 11.5 Å². The highest BCUT2D eigenvalue weighted by Crippen LogP contribution is 2.39. The molecule has 28 heavy (non-hydrogen) atoms. The molecule has 1 heterocycles. The number of nitriles is 1. The van der Waals surface area contributed by atoms with Gasteiger partial charge in [0, 0.05) is 5.56 Å². The van der Waals surface area contributed by atoms with Crippen molar-refractivity contribution in [1.82, 2.24) is 9.97 Å². The van der Waals surface area contributed by atoms with Crippen LogP contribution in [0.2, 0.25) is 0 Å². The van der Waals surface area contributed by atoms with Crippen molar-refractivity contribution in [1.29, 1.82) is 5.26 Å². The number of nitrogen functional groups attached to an aromatic ring is 2. The molecule has 0 fully saturated rings. The van der Waals surface area contributed by atoms with Crippen LogP contribution in [0.25, 0.3) is 11.3 Å². The minimum atomic E-state index is 0.00359. The molecule has 0 atom stereocenters. The molecule has 4 N–H and O–H groups in total. The Hall–Kier alpha value is -3.06. The lowest BCUT2D eigenvalue weighted by Crippen LogP contribution is -2.06. The minimum Gasteiger partial charge on any atom is -0.490 e. The molecule has 0 aliphatic heterocycles. The molecule has 2 aromatic carbocycles. The number of hydrogen-bond acceptors (Lipinski definition) is 7. The van der Waals surface area contributed by atoms with Crippen LogP contribution >= 0.6 is 22.6 Å². The first-order valence-corrected chi connectivity index (χ1v) is 9.57. The van der Waals surface area contributed by atoms with E-state index in [1.54, 1.807) is 6.07 Å². The van der Waals surface area contributed by atoms with Gasteiger partial charge in [-0.2, -0.15) is 10.2 Å². The molecule has 3 aromatic rings. The van der Waals surface area contributed by atoms with Crippen LogP contribution in [0.3, 0.4) is 0 Å². The first kappa shape index (κ1) is 19.7. The van der Waals surface area contributed by atoms with Crippen molar-refractivity contribution in [3.05, 3.63) is 57.2 Å². The van der Waals surface area contributed by atoms with Gasteiger partial charge in [-0.1, -0.05) is 30.3 Å². The Balaban J connectivity index is 2.03. The smallest absolute Gasteiger partial charge is 0.222 e. The quantitative estimate of drug-likeness (QED) is 0.508. The summed E-state index contributed by atoms with van der Waals surface area (Å²) in [7, 11) is 0. The fraction of sp³-hybridized carbons (Fsp3) is 0.150. The van der Waals surface area contributed by atoms with E-state index in [1.807, 2.05) is 49.4 Å². The van der Waals surface area contributed by atoms with E-state index in [2.05, 4.69) is 32.6 Å². The van der Waals surface area contributed by atoms with Crippen LogP contribution in [0, 0.1) is 14.9 Å². The van der Waals surface area contributed by atoms with Crippen LogP contribution in [-0.4, -0.2) is 16.6 Å². The number of aromatic nitrogens is 2. The maximum Gasteiger partial charge on any atom is 0.222 e. The number of anilines is 2. The monoisotopic (exact) mass is 487 g/mol. The molecule has 3 rings (SSSR count). The van der Waals surface area contributed by atoms with Gasteiger partial charge >= 0.3 is 0 Å². The van der Waals surface area contributed by atoms with Gasteiger partial charge in [0.15, 0.2) is 11.5 Å². The lowest BCUT2D eigenvalue weighted by Gasteiger charge is -2.16. The maximum absolute atomic E-state index is 9.45. The maximum atomic E-state index is 9.45. The third-order valence-corrected chi connectivity index (χ3v) is 4.68. The Kier molecular flexibility index (Phi) is 6.16. The predicted octanol–water partition coefficient (Wildman–Crippen LogP) is 3.76. The van der Waals surface area contributed by atoms with E-state index in [9.17, 15) is 5.26 Å². The molecule has 0 aliphatic carbocycles. The van der Waals surface area contributed by atoms with Crippen molar-refractivity contribution in [2.45, 2.75) is 13.5 Å². The van der Waals surface area contributed by atoms with Crippen molar-refractivity contribution in [3.8, 4) is 28.8 Å². The van der Waals surface area contributed by atoms with Crippen LogP contribution < -0.4 is 20.9 Å². The second-order valence-corrected chi connectivity index (χ2v) is 6.96. The average Bonchev–Trinajstić information content (AvgIpc) is 2.67. The fourth-order valence-electron chi connectivity index (χ4n) is 2.65. The van der Waals surface area contributed by atoms with Gasteiger partial charge in [-0.25, -0.2) is 4.98 Å². The number of rotatable bonds is 6. The molecule has 1 aromatic heterocycles. The number of benzene rings is 2. The highest BCUT2D eigenvalue weighted by Gasteiger charge is 2.18. The van der Waals surface area contributed by atoms with E-state index in [4.69, 9.17) is 20.9 Å². The van der Waals surface area contributed by atoms with Crippen molar-refractivity contribution < 1.29 is 9.47 Å². The zero-order chi connectivity index (χ0) is 20.1. The van der Waals surface area contributed by atoms with Gasteiger partial charge in [0.25, 0.3) is 0 Å². The molecule has 142 valence electrons. The third-order valence-electron chi connectivity index (χ3n) is 3.87. The zero-order valence-corrected chi connectivity index (χ0v) is 17.3. The van der Waals surface area contributed by atoms with Gasteiger partial charge in [0.2, 0.25) is 5.95 Å². The molecule has 0 aliphatic rings. The fourth-order valence-corrected chi connectivity index (χ4v) is 3.41. The van der Waals surface area contributed by atoms with Gasteiger partial charge in [-0.15, -0.1) is 0 Å². The summed E-state index contributed by atoms with van der Waals surface area (Å²) in [5, 5.41) is 9.45. The lowest BCUT2D eigenvalue weighted by atomic mass is 10.1. The number of ether oxygens (including phenoxy) is 2. The standard InChI is InChI=1S/C20H18IN5O2/c1-2-27-16-9-13(17-14(10-22)19(23)26-20(24)25-17)8-15(21)18(16)28-11-12-6-4-3-5-7-12/h3-9H,2,11H2,1H3,(H4,23,24,25,26). The van der Waals surface area contributed by atoms with Crippen LogP contribution in [0.1, 0.15) is 18.1 Å². The number of nitrogens with two attached hydrogens (primary N) is 2. The Morgan fingerprint density at radius 3 is 2.54 bits per heavy atom. The first-order valence-electron chi connectivity index (χ1n) is 8.50. The Morgan fingerprint density at radius 2 is 1.86 bits per heavy atom. The second-order valence-electron chi connectivity index (χ2n) is 5.80. The summed E-state index contributed by atoms with van der Waals surface area (Å²) >= 11 is 2.17. The molecule has 0 radical (unpaired) electrons. The summed E-state index contributed by atoms with van der Waals surface area (Å²) in [5.74, 6) is 1.23. The second kappa shape index (κ2) is 8.75. The molecule has 8 heteroatoms. The predicted molar refractivity (Wildman–Crippen MR) is 116 cm³/mol. The van der Waals surface area contributed by atoms with E-state index in [1.165, 1.54) is 0 Å². The van der Waals surface area contributed by atoms with E-state index in [0.29, 0.717) is 36.0 Å². The first-order chi connectivity index (χ1) is 13.5. The molecule has 0 amide bonds. The van der Waals surface area contributed by atoms with Crippen LogP contribution in [-0.2, 0) is 6.61 Å². The third kappa shape index (κ3) is 4.26. The Morgan fingerprint density at radius 1 is 1.11 bits per heavy atom. The van der Waals surface area contributed by atoms with E-state index in [0.717, 1.165) is 9.13 Å². The van der Waals surface area contributed by atoms with E-state index >= 15 is 0 Å². The Bertz CT molecular complexity index is 1040. The average molecular weight is 487 g/mol. The summed E-state index contributed by atoms with van der Waals surface area (Å²) in [6.07, 6.45) is 0. The molecule has 0 unspecified atom stereocenters. The molecular formula is C20H18IN5O2. The number of nitrogens with zero attached hydrogens (tertiary/aromatic N) is 3. The summed E-state index contributed by atoms with van der Waals surface area (Å²) in [5.41, 5.74) is 13.8. The SMILES string of the molecule is CCOc1cc(-c2nc(N)nc(N)c2C#N)cc(I)c1OCc1ccccc1. The normalized spacial score (nSPS) is 10.3. The summed E-state index contributed by atoms with van der Waals surface area (Å²) in [4.78, 5) is 8.06. The summed E-state index contributed by atoms with van der Waals surface area (Å²) in [6, 6.07) is 15.5. The molecule has 0 saturated heterocycles. The highest BCUT2D eigenvalue weighted by molar-refractivity contribution is 14.1. The van der Waals surface area contributed by atoms with Crippen molar-refractivity contribution in [2.75, 3.05) is 18.1 Å². The van der Waals surface area contributed by atoms with Crippen LogP contribution in [0.4, 0.5) is 11.8 Å². The highest BCUT2D eigenvalue weighted by atomic mass is 127. The largest absolute Gasteiger partial charge is 0.490 e. The number of hydrogen-bond donors (Lipinski definition) is 2. The number of halogens is 1. The van der Waals surface area contributed by atoms with Gasteiger partial charge in [0.05, 0.1) is 15.9 Å². The topological polar surface area (TPSA) is 120 Å². The van der Waals surface area contributed by atoms with Gasteiger partial charge < -0.3 is 20.9 Å². The van der Waals surface area contributed by atoms with Crippen LogP contribution in [0.15, 0.2) is 42.5 Å². The Labute approximate surface area is 176 Å². The molecule has 0 saturated carbocycles. The summed E-state index contributed by atoms with van der Waals surface area (Å²) in [6.45, 7) is 2.76. The van der Waals surface area contributed by atoms with Crippen molar-refractivity contribution >= 4 is 34.4 Å². The van der Waals surface area contributed by atoms with Crippen molar-refractivity contribution in [3.63, 3.8) is 0 Å². The van der Waals surface area contributed by atoms with Gasteiger partial charge in [-0.3, -0.25) is 0 Å². The zero-order valence-electron chi connectivity index (χ0n) is 15.1. The van der Waals surface area contributed by atoms with E-state index in [-0.39, 0.29) is 17.3 Å². The van der Waals surface area contributed by atoms with E-state index < -0.39 is 0 Å². The minimum absolute atomic E-state index is 0.00359. The molecule has 0 spiro atoms. The summed E-state index contributed by atoms with van der Waals surface area (Å²) < 4.78 is 12.6. The van der Waals surface area contributed by atoms with Gasteiger partial charge in [-0.05, 0) is 47.2 Å². The molecule has 0 bridgehead atoms.